The standard InChI is InChI=1S/C17H21N3O3/c21-16(12-13-4-1-2-5-13)18-9-11-23-17-8-7-14(19-20-17)15-6-3-10-22-15/h3,6-8,10,13H,1-2,4-5,9,11-12H2,(H,18,21). The minimum atomic E-state index is 0.111. The summed E-state index contributed by atoms with van der Waals surface area (Å²) in [6.07, 6.45) is 7.11. The van der Waals surface area contributed by atoms with Gasteiger partial charge in [-0.3, -0.25) is 4.79 Å². The van der Waals surface area contributed by atoms with Gasteiger partial charge in [0, 0.05) is 12.5 Å². The molecule has 0 aromatic carbocycles. The summed E-state index contributed by atoms with van der Waals surface area (Å²) in [7, 11) is 0. The summed E-state index contributed by atoms with van der Waals surface area (Å²) in [5.74, 6) is 1.78. The van der Waals surface area contributed by atoms with E-state index in [4.69, 9.17) is 9.15 Å². The van der Waals surface area contributed by atoms with Gasteiger partial charge in [0.05, 0.1) is 12.8 Å². The quantitative estimate of drug-likeness (QED) is 0.795. The molecule has 0 unspecified atom stereocenters. The highest BCUT2D eigenvalue weighted by atomic mass is 16.5. The van der Waals surface area contributed by atoms with Crippen molar-refractivity contribution < 1.29 is 13.9 Å². The molecule has 1 aliphatic rings. The van der Waals surface area contributed by atoms with Crippen molar-refractivity contribution in [3.05, 3.63) is 30.5 Å². The molecule has 1 saturated carbocycles. The van der Waals surface area contributed by atoms with Crippen molar-refractivity contribution in [2.24, 2.45) is 5.92 Å². The van der Waals surface area contributed by atoms with Crippen molar-refractivity contribution in [3.63, 3.8) is 0 Å². The van der Waals surface area contributed by atoms with Crippen LogP contribution in [0, 0.1) is 5.92 Å². The molecule has 0 saturated heterocycles. The Hall–Kier alpha value is -2.37. The molecule has 122 valence electrons. The molecule has 1 amide bonds. The minimum absolute atomic E-state index is 0.111. The lowest BCUT2D eigenvalue weighted by molar-refractivity contribution is -0.122. The molecule has 2 aromatic heterocycles. The van der Waals surface area contributed by atoms with E-state index in [1.54, 1.807) is 24.5 Å². The zero-order valence-corrected chi connectivity index (χ0v) is 13.0. The normalized spacial score (nSPS) is 14.8. The van der Waals surface area contributed by atoms with E-state index in [0.717, 1.165) is 0 Å². The van der Waals surface area contributed by atoms with E-state index in [2.05, 4.69) is 15.5 Å². The first-order chi connectivity index (χ1) is 11.3. The van der Waals surface area contributed by atoms with Crippen molar-refractivity contribution in [2.75, 3.05) is 13.2 Å². The van der Waals surface area contributed by atoms with Crippen molar-refractivity contribution in [3.8, 4) is 17.3 Å². The highest BCUT2D eigenvalue weighted by Gasteiger charge is 2.17. The van der Waals surface area contributed by atoms with Crippen LogP contribution in [0.15, 0.2) is 34.9 Å². The molecule has 1 aliphatic carbocycles. The van der Waals surface area contributed by atoms with Crippen LogP contribution in [0.5, 0.6) is 5.88 Å². The van der Waals surface area contributed by atoms with Crippen LogP contribution in [-0.4, -0.2) is 29.3 Å². The second kappa shape index (κ2) is 7.76. The number of hydrogen-bond acceptors (Lipinski definition) is 5. The van der Waals surface area contributed by atoms with E-state index in [9.17, 15) is 4.79 Å². The molecule has 0 atom stereocenters. The second-order valence-electron chi connectivity index (χ2n) is 5.79. The van der Waals surface area contributed by atoms with E-state index in [1.165, 1.54) is 25.7 Å². The van der Waals surface area contributed by atoms with Gasteiger partial charge in [-0.1, -0.05) is 12.8 Å². The van der Waals surface area contributed by atoms with E-state index in [-0.39, 0.29) is 5.91 Å². The Morgan fingerprint density at radius 1 is 1.26 bits per heavy atom. The fraction of sp³-hybridized carbons (Fsp3) is 0.471. The van der Waals surface area contributed by atoms with E-state index >= 15 is 0 Å². The summed E-state index contributed by atoms with van der Waals surface area (Å²) in [6.45, 7) is 0.859. The van der Waals surface area contributed by atoms with Gasteiger partial charge in [-0.25, -0.2) is 0 Å². The van der Waals surface area contributed by atoms with Gasteiger partial charge in [-0.15, -0.1) is 10.2 Å². The van der Waals surface area contributed by atoms with Gasteiger partial charge in [0.15, 0.2) is 5.76 Å². The summed E-state index contributed by atoms with van der Waals surface area (Å²) in [5, 5.41) is 10.9. The van der Waals surface area contributed by atoms with Crippen LogP contribution in [0.4, 0.5) is 0 Å². The topological polar surface area (TPSA) is 77.2 Å². The molecule has 0 spiro atoms. The molecule has 1 N–H and O–H groups in total. The summed E-state index contributed by atoms with van der Waals surface area (Å²) in [6, 6.07) is 7.16. The number of amides is 1. The summed E-state index contributed by atoms with van der Waals surface area (Å²) in [5.41, 5.74) is 0.659. The smallest absolute Gasteiger partial charge is 0.233 e. The summed E-state index contributed by atoms with van der Waals surface area (Å²) >= 11 is 0. The average molecular weight is 315 g/mol. The maximum atomic E-state index is 11.8. The Bertz CT molecular complexity index is 605. The molecule has 2 aromatic rings. The third kappa shape index (κ3) is 4.55. The van der Waals surface area contributed by atoms with Crippen molar-refractivity contribution in [1.82, 2.24) is 15.5 Å². The fourth-order valence-electron chi connectivity index (χ4n) is 2.85. The summed E-state index contributed by atoms with van der Waals surface area (Å²) in [4.78, 5) is 11.8. The molecule has 0 aliphatic heterocycles. The molecule has 0 bridgehead atoms. The zero-order valence-electron chi connectivity index (χ0n) is 13.0. The number of ether oxygens (including phenoxy) is 1. The summed E-state index contributed by atoms with van der Waals surface area (Å²) < 4.78 is 10.7. The Morgan fingerprint density at radius 3 is 2.83 bits per heavy atom. The fourth-order valence-corrected chi connectivity index (χ4v) is 2.85. The van der Waals surface area contributed by atoms with Crippen LogP contribution in [0.1, 0.15) is 32.1 Å². The first-order valence-corrected chi connectivity index (χ1v) is 8.08. The second-order valence-corrected chi connectivity index (χ2v) is 5.79. The lowest BCUT2D eigenvalue weighted by Crippen LogP contribution is -2.29. The molecule has 6 nitrogen and oxygen atoms in total. The number of carbonyl (C=O) groups is 1. The Morgan fingerprint density at radius 2 is 2.13 bits per heavy atom. The van der Waals surface area contributed by atoms with Crippen LogP contribution < -0.4 is 10.1 Å². The number of aromatic nitrogens is 2. The van der Waals surface area contributed by atoms with Crippen molar-refractivity contribution in [1.29, 1.82) is 0 Å². The van der Waals surface area contributed by atoms with Crippen molar-refractivity contribution >= 4 is 5.91 Å². The van der Waals surface area contributed by atoms with Gasteiger partial charge in [-0.2, -0.15) is 0 Å². The number of carbonyl (C=O) groups excluding carboxylic acids is 1. The van der Waals surface area contributed by atoms with Crippen LogP contribution >= 0.6 is 0 Å². The first kappa shape index (κ1) is 15.5. The van der Waals surface area contributed by atoms with Gasteiger partial charge in [-0.05, 0) is 37.0 Å². The number of nitrogens with zero attached hydrogens (tertiary/aromatic N) is 2. The first-order valence-electron chi connectivity index (χ1n) is 8.08. The lowest BCUT2D eigenvalue weighted by Gasteiger charge is -2.10. The maximum Gasteiger partial charge on any atom is 0.233 e. The predicted molar refractivity (Wildman–Crippen MR) is 84.8 cm³/mol. The molecule has 3 rings (SSSR count). The monoisotopic (exact) mass is 315 g/mol. The van der Waals surface area contributed by atoms with Gasteiger partial charge >= 0.3 is 0 Å². The van der Waals surface area contributed by atoms with Crippen LogP contribution in [0.25, 0.3) is 11.5 Å². The molecular weight excluding hydrogens is 294 g/mol. The van der Waals surface area contributed by atoms with Crippen LogP contribution in [0.3, 0.4) is 0 Å². The van der Waals surface area contributed by atoms with Gasteiger partial charge in [0.25, 0.3) is 0 Å². The number of furan rings is 1. The van der Waals surface area contributed by atoms with Crippen molar-refractivity contribution in [2.45, 2.75) is 32.1 Å². The molecule has 2 heterocycles. The third-order valence-electron chi connectivity index (χ3n) is 4.04. The number of hydrogen-bond donors (Lipinski definition) is 1. The van der Waals surface area contributed by atoms with Gasteiger partial charge < -0.3 is 14.5 Å². The molecule has 1 fully saturated rings. The van der Waals surface area contributed by atoms with Crippen LogP contribution in [0.2, 0.25) is 0 Å². The average Bonchev–Trinajstić information content (AvgIpc) is 3.26. The zero-order chi connectivity index (χ0) is 15.9. The Labute approximate surface area is 135 Å². The maximum absolute atomic E-state index is 11.8. The lowest BCUT2D eigenvalue weighted by atomic mass is 10.0. The predicted octanol–water partition coefficient (Wildman–Crippen LogP) is 2.81. The van der Waals surface area contributed by atoms with Crippen LogP contribution in [-0.2, 0) is 4.79 Å². The molecule has 6 heteroatoms. The highest BCUT2D eigenvalue weighted by Crippen LogP contribution is 2.27. The number of rotatable bonds is 7. The minimum Gasteiger partial charge on any atom is -0.475 e. The Balaban J connectivity index is 1.36. The SMILES string of the molecule is O=C(CC1CCCC1)NCCOc1ccc(-c2ccco2)nn1. The van der Waals surface area contributed by atoms with Gasteiger partial charge in [0.2, 0.25) is 11.8 Å². The van der Waals surface area contributed by atoms with Gasteiger partial charge in [0.1, 0.15) is 12.3 Å². The number of nitrogens with one attached hydrogen (secondary N) is 1. The molecular formula is C17H21N3O3. The third-order valence-corrected chi connectivity index (χ3v) is 4.04. The van der Waals surface area contributed by atoms with E-state index < -0.39 is 0 Å². The molecule has 0 radical (unpaired) electrons. The Kier molecular flexibility index (Phi) is 5.24. The van der Waals surface area contributed by atoms with E-state index in [1.807, 2.05) is 6.07 Å². The largest absolute Gasteiger partial charge is 0.475 e. The molecule has 23 heavy (non-hydrogen) atoms. The highest BCUT2D eigenvalue weighted by molar-refractivity contribution is 5.76. The van der Waals surface area contributed by atoms with E-state index in [0.29, 0.717) is 42.8 Å².